The highest BCUT2D eigenvalue weighted by Crippen LogP contribution is 2.25. The van der Waals surface area contributed by atoms with E-state index < -0.39 is 0 Å². The largest absolute Gasteiger partial charge is 0.303 e. The van der Waals surface area contributed by atoms with Crippen LogP contribution in [0.2, 0.25) is 0 Å². The van der Waals surface area contributed by atoms with Gasteiger partial charge in [0.25, 0.3) is 0 Å². The lowest BCUT2D eigenvalue weighted by molar-refractivity contribution is 0.242. The average molecular weight is 261 g/mol. The van der Waals surface area contributed by atoms with Gasteiger partial charge in [-0.05, 0) is 32.0 Å². The van der Waals surface area contributed by atoms with Crippen molar-refractivity contribution in [1.82, 2.24) is 15.1 Å². The van der Waals surface area contributed by atoms with Gasteiger partial charge < -0.3 is 4.90 Å². The summed E-state index contributed by atoms with van der Waals surface area (Å²) >= 11 is 1.87. The summed E-state index contributed by atoms with van der Waals surface area (Å²) in [6, 6.07) is 8.34. The quantitative estimate of drug-likeness (QED) is 0.858. The third-order valence-corrected chi connectivity index (χ3v) is 4.50. The Morgan fingerprint density at radius 2 is 2.00 bits per heavy atom. The van der Waals surface area contributed by atoms with Gasteiger partial charge in [-0.2, -0.15) is 5.10 Å². The zero-order valence-electron chi connectivity index (χ0n) is 10.6. The van der Waals surface area contributed by atoms with Gasteiger partial charge in [0, 0.05) is 17.7 Å². The highest BCUT2D eigenvalue weighted by molar-refractivity contribution is 7.99. The number of fused-ring (bicyclic) bond motifs is 1. The molecule has 1 N–H and O–H groups in total. The summed E-state index contributed by atoms with van der Waals surface area (Å²) in [5.74, 6) is 1.13. The Morgan fingerprint density at radius 1 is 1.17 bits per heavy atom. The lowest BCUT2D eigenvalue weighted by atomic mass is 10.1. The first kappa shape index (κ1) is 12.1. The number of aromatic nitrogens is 2. The molecule has 18 heavy (non-hydrogen) atoms. The van der Waals surface area contributed by atoms with Crippen molar-refractivity contribution in [3.63, 3.8) is 0 Å². The molecule has 96 valence electrons. The molecule has 1 saturated heterocycles. The molecule has 1 aromatic heterocycles. The van der Waals surface area contributed by atoms with Crippen LogP contribution in [0.4, 0.5) is 0 Å². The summed E-state index contributed by atoms with van der Waals surface area (Å²) in [5, 5.41) is 9.88. The molecule has 0 unspecified atom stereocenters. The molecule has 2 heterocycles. The molecule has 0 atom stereocenters. The highest BCUT2D eigenvalue weighted by Gasteiger charge is 2.10. The van der Waals surface area contributed by atoms with Gasteiger partial charge in [-0.1, -0.05) is 24.6 Å². The normalized spacial score (nSPS) is 17.3. The molecule has 3 nitrogen and oxygen atoms in total. The molecule has 1 fully saturated rings. The van der Waals surface area contributed by atoms with Crippen molar-refractivity contribution >= 4 is 22.7 Å². The van der Waals surface area contributed by atoms with Crippen LogP contribution in [-0.2, 0) is 0 Å². The van der Waals surface area contributed by atoms with Gasteiger partial charge in [-0.25, -0.2) is 0 Å². The lowest BCUT2D eigenvalue weighted by Crippen LogP contribution is -2.31. The maximum Gasteiger partial charge on any atom is 0.126 e. The number of thioether (sulfide) groups is 1. The van der Waals surface area contributed by atoms with Crippen LogP contribution in [0, 0.1) is 0 Å². The second-order valence-corrected chi connectivity index (χ2v) is 5.91. The minimum atomic E-state index is 1.13. The van der Waals surface area contributed by atoms with Crippen LogP contribution in [0.15, 0.2) is 29.3 Å². The Hall–Kier alpha value is -1.00. The summed E-state index contributed by atoms with van der Waals surface area (Å²) in [6.07, 6.45) is 4.15. The monoisotopic (exact) mass is 261 g/mol. The number of H-pyrrole nitrogens is 1. The summed E-state index contributed by atoms with van der Waals surface area (Å²) in [6.45, 7) is 3.75. The predicted molar refractivity (Wildman–Crippen MR) is 77.1 cm³/mol. The van der Waals surface area contributed by atoms with Crippen LogP contribution in [-0.4, -0.2) is 40.5 Å². The molecule has 1 aromatic carbocycles. The predicted octanol–water partition coefficient (Wildman–Crippen LogP) is 3.14. The van der Waals surface area contributed by atoms with Crippen molar-refractivity contribution in [2.24, 2.45) is 0 Å². The van der Waals surface area contributed by atoms with Crippen molar-refractivity contribution in [2.45, 2.75) is 24.3 Å². The van der Waals surface area contributed by atoms with E-state index in [9.17, 15) is 0 Å². The van der Waals surface area contributed by atoms with Gasteiger partial charge in [0.05, 0.1) is 5.52 Å². The van der Waals surface area contributed by atoms with E-state index in [-0.39, 0.29) is 0 Å². The second-order valence-electron chi connectivity index (χ2n) is 4.83. The Morgan fingerprint density at radius 3 is 2.89 bits per heavy atom. The molecule has 0 aliphatic carbocycles. The third kappa shape index (κ3) is 2.70. The Labute approximate surface area is 112 Å². The maximum absolute atomic E-state index is 4.40. The van der Waals surface area contributed by atoms with E-state index >= 15 is 0 Å². The SMILES string of the molecule is c1ccc2c(SCCN3CCCCC3)n[nH]c2c1. The van der Waals surface area contributed by atoms with Crippen molar-refractivity contribution in [3.05, 3.63) is 24.3 Å². The minimum absolute atomic E-state index is 1.13. The number of rotatable bonds is 4. The summed E-state index contributed by atoms with van der Waals surface area (Å²) < 4.78 is 0. The number of hydrogen-bond acceptors (Lipinski definition) is 3. The Balaban J connectivity index is 1.56. The molecule has 1 aliphatic rings. The Kier molecular flexibility index (Phi) is 3.86. The van der Waals surface area contributed by atoms with Crippen LogP contribution < -0.4 is 0 Å². The standard InChI is InChI=1S/C14H19N3S/c1-4-8-17(9-5-1)10-11-18-14-12-6-2-3-7-13(12)15-16-14/h2-3,6-7H,1,4-5,8-11H2,(H,15,16). The van der Waals surface area contributed by atoms with E-state index in [0.717, 1.165) is 16.3 Å². The van der Waals surface area contributed by atoms with Crippen LogP contribution in [0.3, 0.4) is 0 Å². The van der Waals surface area contributed by atoms with Crippen LogP contribution >= 0.6 is 11.8 Å². The van der Waals surface area contributed by atoms with E-state index in [1.165, 1.54) is 44.3 Å². The number of piperidine rings is 1. The molecule has 0 spiro atoms. The number of aromatic amines is 1. The number of hydrogen-bond donors (Lipinski definition) is 1. The van der Waals surface area contributed by atoms with E-state index in [2.05, 4.69) is 33.3 Å². The van der Waals surface area contributed by atoms with E-state index in [1.807, 2.05) is 17.8 Å². The van der Waals surface area contributed by atoms with Crippen molar-refractivity contribution in [3.8, 4) is 0 Å². The second kappa shape index (κ2) is 5.76. The van der Waals surface area contributed by atoms with Crippen molar-refractivity contribution in [1.29, 1.82) is 0 Å². The van der Waals surface area contributed by atoms with Gasteiger partial charge in [0.15, 0.2) is 0 Å². The third-order valence-electron chi connectivity index (χ3n) is 3.53. The first-order chi connectivity index (χ1) is 8.93. The van der Waals surface area contributed by atoms with E-state index in [1.54, 1.807) is 0 Å². The zero-order valence-corrected chi connectivity index (χ0v) is 11.4. The number of nitrogens with one attached hydrogen (secondary N) is 1. The molecule has 0 bridgehead atoms. The number of nitrogens with zero attached hydrogens (tertiary/aromatic N) is 2. The number of likely N-dealkylation sites (tertiary alicyclic amines) is 1. The highest BCUT2D eigenvalue weighted by atomic mass is 32.2. The first-order valence-corrected chi connectivity index (χ1v) is 7.70. The van der Waals surface area contributed by atoms with Crippen molar-refractivity contribution < 1.29 is 0 Å². The molecular weight excluding hydrogens is 242 g/mol. The van der Waals surface area contributed by atoms with Gasteiger partial charge in [0.2, 0.25) is 0 Å². The fourth-order valence-electron chi connectivity index (χ4n) is 2.50. The first-order valence-electron chi connectivity index (χ1n) is 6.72. The minimum Gasteiger partial charge on any atom is -0.303 e. The molecule has 0 saturated carbocycles. The summed E-state index contributed by atoms with van der Waals surface area (Å²) in [5.41, 5.74) is 1.14. The molecule has 1 aliphatic heterocycles. The van der Waals surface area contributed by atoms with Gasteiger partial charge >= 0.3 is 0 Å². The smallest absolute Gasteiger partial charge is 0.126 e. The molecule has 2 aromatic rings. The van der Waals surface area contributed by atoms with Crippen LogP contribution in [0.5, 0.6) is 0 Å². The Bertz CT molecular complexity index is 502. The fourth-order valence-corrected chi connectivity index (χ4v) is 3.49. The van der Waals surface area contributed by atoms with Crippen LogP contribution in [0.25, 0.3) is 10.9 Å². The van der Waals surface area contributed by atoms with Gasteiger partial charge in [-0.15, -0.1) is 11.8 Å². The maximum atomic E-state index is 4.40. The molecule has 0 amide bonds. The van der Waals surface area contributed by atoms with Gasteiger partial charge in [-0.3, -0.25) is 5.10 Å². The van der Waals surface area contributed by atoms with E-state index in [4.69, 9.17) is 0 Å². The molecule has 3 rings (SSSR count). The zero-order chi connectivity index (χ0) is 12.2. The summed E-state index contributed by atoms with van der Waals surface area (Å²) in [4.78, 5) is 2.57. The van der Waals surface area contributed by atoms with Crippen molar-refractivity contribution in [2.75, 3.05) is 25.4 Å². The molecular formula is C14H19N3S. The summed E-state index contributed by atoms with van der Waals surface area (Å²) in [7, 11) is 0. The average Bonchev–Trinajstić information content (AvgIpc) is 2.84. The molecule has 0 radical (unpaired) electrons. The molecule has 4 heteroatoms. The fraction of sp³-hybridized carbons (Fsp3) is 0.500. The number of para-hydroxylation sites is 1. The van der Waals surface area contributed by atoms with Crippen LogP contribution in [0.1, 0.15) is 19.3 Å². The van der Waals surface area contributed by atoms with Gasteiger partial charge in [0.1, 0.15) is 5.03 Å². The number of benzene rings is 1. The topological polar surface area (TPSA) is 31.9 Å². The van der Waals surface area contributed by atoms with E-state index in [0.29, 0.717) is 0 Å². The lowest BCUT2D eigenvalue weighted by Gasteiger charge is -2.25.